The van der Waals surface area contributed by atoms with Crippen LogP contribution in [0.1, 0.15) is 44.4 Å². The summed E-state index contributed by atoms with van der Waals surface area (Å²) >= 11 is 0. The Morgan fingerprint density at radius 2 is 1.92 bits per heavy atom. The Balaban J connectivity index is 1.78. The van der Waals surface area contributed by atoms with Crippen molar-refractivity contribution in [1.82, 2.24) is 9.63 Å². The van der Waals surface area contributed by atoms with Gasteiger partial charge in [0.05, 0.1) is 12.6 Å². The molecule has 2 aromatic carbocycles. The Morgan fingerprint density at radius 1 is 1.15 bits per heavy atom. The fraction of sp³-hybridized carbons (Fsp3) is 0.455. The van der Waals surface area contributed by atoms with E-state index in [9.17, 15) is 5.11 Å². The van der Waals surface area contributed by atoms with Gasteiger partial charge in [-0.1, -0.05) is 18.2 Å². The third-order valence-corrected chi connectivity index (χ3v) is 6.14. The van der Waals surface area contributed by atoms with Crippen LogP contribution in [0.15, 0.2) is 36.4 Å². The fourth-order valence-corrected chi connectivity index (χ4v) is 4.92. The van der Waals surface area contributed by atoms with Gasteiger partial charge in [0.1, 0.15) is 5.60 Å². The Bertz CT molecular complexity index is 1030. The normalized spacial score (nSPS) is 26.0. The van der Waals surface area contributed by atoms with E-state index >= 15 is 0 Å². The molecule has 136 valence electrons. The average Bonchev–Trinajstić information content (AvgIpc) is 3.08. The average molecular weight is 350 g/mol. The molecule has 1 saturated heterocycles. The van der Waals surface area contributed by atoms with Gasteiger partial charge >= 0.3 is 0 Å². The van der Waals surface area contributed by atoms with Crippen LogP contribution in [0.4, 0.5) is 0 Å². The van der Waals surface area contributed by atoms with E-state index in [2.05, 4.69) is 73.8 Å². The first kappa shape index (κ1) is 16.3. The maximum absolute atomic E-state index is 10.1. The molecule has 2 bridgehead atoms. The highest BCUT2D eigenvalue weighted by atomic mass is 16.7. The van der Waals surface area contributed by atoms with Crippen LogP contribution in [-0.4, -0.2) is 32.5 Å². The van der Waals surface area contributed by atoms with Gasteiger partial charge in [-0.3, -0.25) is 4.84 Å². The largest absolute Gasteiger partial charge is 0.393 e. The lowest BCUT2D eigenvalue weighted by Gasteiger charge is -2.35. The van der Waals surface area contributed by atoms with Gasteiger partial charge < -0.3 is 9.67 Å². The highest BCUT2D eigenvalue weighted by molar-refractivity contribution is 6.08. The summed E-state index contributed by atoms with van der Waals surface area (Å²) in [7, 11) is 2.14. The number of aliphatic hydroxyl groups excluding tert-OH is 1. The van der Waals surface area contributed by atoms with Crippen LogP contribution in [0.5, 0.6) is 0 Å². The molecule has 4 heteroatoms. The maximum Gasteiger partial charge on any atom is 0.119 e. The van der Waals surface area contributed by atoms with Gasteiger partial charge in [0.2, 0.25) is 0 Å². The minimum absolute atomic E-state index is 0.0586. The van der Waals surface area contributed by atoms with E-state index in [1.807, 2.05) is 0 Å². The molecular formula is C22H26N2O2. The van der Waals surface area contributed by atoms with Crippen LogP contribution in [0.2, 0.25) is 0 Å². The van der Waals surface area contributed by atoms with E-state index in [0.717, 1.165) is 12.8 Å². The smallest absolute Gasteiger partial charge is 0.119 e. The number of aliphatic hydroxyl groups is 1. The monoisotopic (exact) mass is 350 g/mol. The predicted octanol–water partition coefficient (Wildman–Crippen LogP) is 4.10. The number of aryl methyl sites for hydroxylation is 1. The van der Waals surface area contributed by atoms with Gasteiger partial charge in [-0.25, -0.2) is 0 Å². The zero-order valence-electron chi connectivity index (χ0n) is 15.9. The lowest BCUT2D eigenvalue weighted by molar-refractivity contribution is -0.251. The fourth-order valence-electron chi connectivity index (χ4n) is 4.92. The van der Waals surface area contributed by atoms with Crippen molar-refractivity contribution in [3.63, 3.8) is 0 Å². The van der Waals surface area contributed by atoms with Crippen LogP contribution in [0.3, 0.4) is 0 Å². The van der Waals surface area contributed by atoms with E-state index in [0.29, 0.717) is 0 Å². The quantitative estimate of drug-likeness (QED) is 0.718. The SMILES string of the molecule is Cn1c2ccccc2c2cc3c(cc21)C1CC(CO)(C3)ON1C(C)(C)C. The number of hydrogen-bond acceptors (Lipinski definition) is 3. The molecule has 0 radical (unpaired) electrons. The molecular weight excluding hydrogens is 324 g/mol. The topological polar surface area (TPSA) is 37.6 Å². The van der Waals surface area contributed by atoms with Crippen molar-refractivity contribution in [3.05, 3.63) is 47.5 Å². The van der Waals surface area contributed by atoms with Crippen LogP contribution in [0.25, 0.3) is 21.8 Å². The zero-order valence-corrected chi connectivity index (χ0v) is 15.9. The highest BCUT2D eigenvalue weighted by Gasteiger charge is 2.53. The first-order valence-corrected chi connectivity index (χ1v) is 9.42. The van der Waals surface area contributed by atoms with Crippen molar-refractivity contribution in [2.75, 3.05) is 6.61 Å². The molecule has 2 atom stereocenters. The van der Waals surface area contributed by atoms with E-state index < -0.39 is 5.60 Å². The van der Waals surface area contributed by atoms with Gasteiger partial charge in [0, 0.05) is 47.2 Å². The van der Waals surface area contributed by atoms with Crippen molar-refractivity contribution in [1.29, 1.82) is 0 Å². The molecule has 1 aliphatic heterocycles. The Kier molecular flexibility index (Phi) is 3.20. The number of nitrogens with zero attached hydrogens (tertiary/aromatic N) is 2. The minimum Gasteiger partial charge on any atom is -0.393 e. The lowest BCUT2D eigenvalue weighted by Crippen LogP contribution is -2.42. The summed E-state index contributed by atoms with van der Waals surface area (Å²) in [6, 6.07) is 13.4. The summed E-state index contributed by atoms with van der Waals surface area (Å²) in [6.07, 6.45) is 1.62. The molecule has 2 heterocycles. The molecule has 0 amide bonds. The third-order valence-electron chi connectivity index (χ3n) is 6.14. The van der Waals surface area contributed by atoms with Crippen LogP contribution in [0, 0.1) is 0 Å². The second kappa shape index (κ2) is 5.10. The minimum atomic E-state index is -0.483. The molecule has 2 unspecified atom stereocenters. The van der Waals surface area contributed by atoms with E-state index in [1.165, 1.54) is 32.9 Å². The summed E-state index contributed by atoms with van der Waals surface area (Å²) in [5, 5.41) is 14.8. The van der Waals surface area contributed by atoms with Crippen molar-refractivity contribution in [2.45, 2.75) is 50.8 Å². The van der Waals surface area contributed by atoms with Crippen molar-refractivity contribution >= 4 is 21.8 Å². The zero-order chi connectivity index (χ0) is 18.3. The van der Waals surface area contributed by atoms with Crippen molar-refractivity contribution < 1.29 is 9.94 Å². The molecule has 4 nitrogen and oxygen atoms in total. The number of benzene rings is 2. The molecule has 3 aromatic rings. The van der Waals surface area contributed by atoms with Gasteiger partial charge in [-0.05, 0) is 50.1 Å². The van der Waals surface area contributed by atoms with Gasteiger partial charge in [-0.2, -0.15) is 5.06 Å². The molecule has 1 N–H and O–H groups in total. The summed E-state index contributed by atoms with van der Waals surface area (Å²) in [5.74, 6) is 0. The van der Waals surface area contributed by atoms with Gasteiger partial charge in [-0.15, -0.1) is 0 Å². The Morgan fingerprint density at radius 3 is 2.65 bits per heavy atom. The molecule has 5 rings (SSSR count). The molecule has 0 spiro atoms. The maximum atomic E-state index is 10.1. The second-order valence-electron chi connectivity index (χ2n) is 8.97. The molecule has 1 aliphatic carbocycles. The number of hydroxylamine groups is 2. The molecule has 0 saturated carbocycles. The Hall–Kier alpha value is -1.88. The van der Waals surface area contributed by atoms with Gasteiger partial charge in [0.15, 0.2) is 0 Å². The van der Waals surface area contributed by atoms with Crippen molar-refractivity contribution in [2.24, 2.45) is 7.05 Å². The lowest BCUT2D eigenvalue weighted by atomic mass is 9.78. The molecule has 1 aromatic heterocycles. The first-order chi connectivity index (χ1) is 12.3. The van der Waals surface area contributed by atoms with E-state index in [-0.39, 0.29) is 18.2 Å². The second-order valence-corrected chi connectivity index (χ2v) is 8.97. The van der Waals surface area contributed by atoms with Crippen molar-refractivity contribution in [3.8, 4) is 0 Å². The Labute approximate surface area is 153 Å². The van der Waals surface area contributed by atoms with Crippen LogP contribution < -0.4 is 0 Å². The van der Waals surface area contributed by atoms with Gasteiger partial charge in [0.25, 0.3) is 0 Å². The standard InChI is InChI=1S/C22H26N2O2/c1-21(2,3)24-20-12-22(13-25,26-24)11-14-9-17-15-7-5-6-8-18(15)23(4)19(17)10-16(14)20/h5-10,20,25H,11-13H2,1-4H3. The number of hydrogen-bond donors (Lipinski definition) is 1. The molecule has 1 fully saturated rings. The summed E-state index contributed by atoms with van der Waals surface area (Å²) in [5.41, 5.74) is 4.59. The number of para-hydroxylation sites is 1. The summed E-state index contributed by atoms with van der Waals surface area (Å²) < 4.78 is 2.29. The summed E-state index contributed by atoms with van der Waals surface area (Å²) in [6.45, 7) is 6.58. The number of fused-ring (bicyclic) bond motifs is 7. The van der Waals surface area contributed by atoms with Crippen LogP contribution >= 0.6 is 0 Å². The van der Waals surface area contributed by atoms with Crippen LogP contribution in [-0.2, 0) is 18.3 Å². The molecule has 2 aliphatic rings. The summed E-state index contributed by atoms with van der Waals surface area (Å²) in [4.78, 5) is 6.37. The molecule has 26 heavy (non-hydrogen) atoms. The predicted molar refractivity (Wildman–Crippen MR) is 104 cm³/mol. The van der Waals surface area contributed by atoms with E-state index in [1.54, 1.807) is 0 Å². The number of aromatic nitrogens is 1. The number of rotatable bonds is 1. The highest BCUT2D eigenvalue weighted by Crippen LogP contribution is 2.51. The third kappa shape index (κ3) is 2.07. The first-order valence-electron chi connectivity index (χ1n) is 9.42. The van der Waals surface area contributed by atoms with E-state index in [4.69, 9.17) is 4.84 Å².